The van der Waals surface area contributed by atoms with E-state index in [4.69, 9.17) is 0 Å². The lowest BCUT2D eigenvalue weighted by atomic mass is 10.1. The minimum Gasteiger partial charge on any atom is -0.343 e. The number of fused-ring (bicyclic) bond motifs is 1. The van der Waals surface area contributed by atoms with Crippen molar-refractivity contribution in [1.82, 2.24) is 19.7 Å². The van der Waals surface area contributed by atoms with Crippen molar-refractivity contribution in [2.75, 3.05) is 14.1 Å². The van der Waals surface area contributed by atoms with Gasteiger partial charge < -0.3 is 9.88 Å². The van der Waals surface area contributed by atoms with Crippen LogP contribution in [0.2, 0.25) is 0 Å². The first kappa shape index (κ1) is 12.8. The topological polar surface area (TPSA) is 53.9 Å². The summed E-state index contributed by atoms with van der Waals surface area (Å²) < 4.78 is 1.85. The van der Waals surface area contributed by atoms with Gasteiger partial charge in [-0.15, -0.1) is 0 Å². The molecule has 2 aromatic heterocycles. The van der Waals surface area contributed by atoms with Gasteiger partial charge in [0.05, 0.1) is 11.1 Å². The Hall–Kier alpha value is -1.62. The van der Waals surface area contributed by atoms with Crippen molar-refractivity contribution in [3.8, 4) is 0 Å². The van der Waals surface area contributed by atoms with Crippen molar-refractivity contribution in [2.45, 2.75) is 33.9 Å². The van der Waals surface area contributed by atoms with Crippen LogP contribution in [0.4, 0.5) is 0 Å². The van der Waals surface area contributed by atoms with Crippen LogP contribution in [0.3, 0.4) is 0 Å². The number of aryl methyl sites for hydroxylation is 3. The highest BCUT2D eigenvalue weighted by molar-refractivity contribution is 5.79. The Morgan fingerprint density at radius 1 is 1.33 bits per heavy atom. The summed E-state index contributed by atoms with van der Waals surface area (Å²) in [6, 6.07) is 0. The van der Waals surface area contributed by atoms with Gasteiger partial charge in [-0.1, -0.05) is 0 Å². The van der Waals surface area contributed by atoms with E-state index in [0.29, 0.717) is 6.54 Å². The van der Waals surface area contributed by atoms with Crippen LogP contribution in [0.25, 0.3) is 11.0 Å². The van der Waals surface area contributed by atoms with E-state index < -0.39 is 0 Å². The van der Waals surface area contributed by atoms with Crippen molar-refractivity contribution in [3.05, 3.63) is 27.2 Å². The van der Waals surface area contributed by atoms with Gasteiger partial charge in [0.15, 0.2) is 5.43 Å². The van der Waals surface area contributed by atoms with E-state index in [2.05, 4.69) is 10.1 Å². The summed E-state index contributed by atoms with van der Waals surface area (Å²) in [6.07, 6.45) is 0. The Morgan fingerprint density at radius 3 is 2.56 bits per heavy atom. The second kappa shape index (κ2) is 4.57. The van der Waals surface area contributed by atoms with Crippen LogP contribution >= 0.6 is 0 Å². The molecule has 0 saturated heterocycles. The fraction of sp³-hybridized carbons (Fsp3) is 0.538. The van der Waals surface area contributed by atoms with Crippen LogP contribution in [-0.4, -0.2) is 33.8 Å². The minimum absolute atomic E-state index is 0.104. The molecule has 2 heterocycles. The van der Waals surface area contributed by atoms with Crippen LogP contribution in [0.15, 0.2) is 4.79 Å². The Balaban J connectivity index is 2.78. The number of nitrogens with one attached hydrogen (secondary N) is 1. The normalized spacial score (nSPS) is 11.7. The second-order valence-electron chi connectivity index (χ2n) is 4.92. The largest absolute Gasteiger partial charge is 0.343 e. The second-order valence-corrected chi connectivity index (χ2v) is 4.92. The molecule has 1 N–H and O–H groups in total. The molecule has 0 aromatic carbocycles. The summed E-state index contributed by atoms with van der Waals surface area (Å²) in [7, 11) is 3.93. The molecule has 2 aromatic rings. The molecule has 0 spiro atoms. The van der Waals surface area contributed by atoms with Crippen molar-refractivity contribution in [2.24, 2.45) is 0 Å². The molecule has 0 aliphatic rings. The van der Waals surface area contributed by atoms with Crippen LogP contribution in [0.1, 0.15) is 23.9 Å². The average Bonchev–Trinajstić information content (AvgIpc) is 2.60. The van der Waals surface area contributed by atoms with Crippen molar-refractivity contribution in [3.63, 3.8) is 0 Å². The van der Waals surface area contributed by atoms with Crippen molar-refractivity contribution in [1.29, 1.82) is 0 Å². The van der Waals surface area contributed by atoms with Gasteiger partial charge in [-0.2, -0.15) is 5.10 Å². The van der Waals surface area contributed by atoms with E-state index in [0.717, 1.165) is 34.5 Å². The van der Waals surface area contributed by atoms with Gasteiger partial charge in [0.2, 0.25) is 0 Å². The maximum absolute atomic E-state index is 12.5. The van der Waals surface area contributed by atoms with Crippen molar-refractivity contribution < 1.29 is 0 Å². The highest BCUT2D eigenvalue weighted by Gasteiger charge is 2.16. The van der Waals surface area contributed by atoms with Crippen LogP contribution in [0.5, 0.6) is 0 Å². The summed E-state index contributed by atoms with van der Waals surface area (Å²) in [5, 5.41) is 5.12. The summed E-state index contributed by atoms with van der Waals surface area (Å²) >= 11 is 0. The monoisotopic (exact) mass is 248 g/mol. The Kier molecular flexibility index (Phi) is 3.26. The van der Waals surface area contributed by atoms with E-state index in [1.54, 1.807) is 0 Å². The number of aromatic amines is 1. The Bertz CT molecular complexity index is 636. The van der Waals surface area contributed by atoms with Crippen LogP contribution in [-0.2, 0) is 13.1 Å². The fourth-order valence-electron chi connectivity index (χ4n) is 2.29. The third-order valence-corrected chi connectivity index (χ3v) is 3.16. The third-order valence-electron chi connectivity index (χ3n) is 3.16. The number of pyridine rings is 1. The lowest BCUT2D eigenvalue weighted by molar-refractivity contribution is 0.400. The number of hydrogen-bond acceptors (Lipinski definition) is 3. The molecule has 0 aliphatic carbocycles. The molecule has 0 aliphatic heterocycles. The van der Waals surface area contributed by atoms with Gasteiger partial charge in [-0.05, 0) is 34.9 Å². The Labute approximate surface area is 106 Å². The molecule has 0 saturated carbocycles. The standard InChI is InChI=1S/C13H20N4O/c1-6-17-13-11(9(3)15-17)12(18)10(7-16(4)5)8(2)14-13/h6-7H2,1-5H3,(H,14,18). The maximum atomic E-state index is 12.5. The number of aromatic nitrogens is 3. The van der Waals surface area contributed by atoms with E-state index >= 15 is 0 Å². The maximum Gasteiger partial charge on any atom is 0.197 e. The first-order valence-corrected chi connectivity index (χ1v) is 6.19. The predicted molar refractivity (Wildman–Crippen MR) is 72.9 cm³/mol. The van der Waals surface area contributed by atoms with E-state index in [9.17, 15) is 4.79 Å². The zero-order valence-electron chi connectivity index (χ0n) is 11.7. The molecule has 0 unspecified atom stereocenters. The summed E-state index contributed by atoms with van der Waals surface area (Å²) in [6.45, 7) is 7.26. The van der Waals surface area contributed by atoms with Crippen LogP contribution in [0, 0.1) is 13.8 Å². The molecule has 0 atom stereocenters. The molecule has 18 heavy (non-hydrogen) atoms. The molecule has 0 amide bonds. The zero-order valence-corrected chi connectivity index (χ0v) is 11.7. The Morgan fingerprint density at radius 2 is 2.00 bits per heavy atom. The fourth-order valence-corrected chi connectivity index (χ4v) is 2.29. The van der Waals surface area contributed by atoms with Gasteiger partial charge in [0.25, 0.3) is 0 Å². The highest BCUT2D eigenvalue weighted by atomic mass is 16.1. The summed E-state index contributed by atoms with van der Waals surface area (Å²) in [5.41, 5.74) is 3.49. The van der Waals surface area contributed by atoms with Crippen LogP contribution < -0.4 is 5.43 Å². The molecular weight excluding hydrogens is 228 g/mol. The number of nitrogens with zero attached hydrogens (tertiary/aromatic N) is 3. The summed E-state index contributed by atoms with van der Waals surface area (Å²) in [4.78, 5) is 17.9. The zero-order chi connectivity index (χ0) is 13.4. The number of H-pyrrole nitrogens is 1. The minimum atomic E-state index is 0.104. The van der Waals surface area contributed by atoms with E-state index in [-0.39, 0.29) is 5.43 Å². The van der Waals surface area contributed by atoms with E-state index in [1.807, 2.05) is 44.4 Å². The molecular formula is C13H20N4O. The van der Waals surface area contributed by atoms with Gasteiger partial charge in [0.1, 0.15) is 5.65 Å². The highest BCUT2D eigenvalue weighted by Crippen LogP contribution is 2.15. The molecule has 5 heteroatoms. The smallest absolute Gasteiger partial charge is 0.197 e. The molecule has 98 valence electrons. The SMILES string of the molecule is CCn1nc(C)c2c(=O)c(CN(C)C)c(C)[nH]c21. The lowest BCUT2D eigenvalue weighted by Gasteiger charge is -2.12. The molecule has 2 rings (SSSR count). The number of hydrogen-bond donors (Lipinski definition) is 1. The van der Waals surface area contributed by atoms with Crippen molar-refractivity contribution >= 4 is 11.0 Å². The summed E-state index contributed by atoms with van der Waals surface area (Å²) in [5.74, 6) is 0. The van der Waals surface area contributed by atoms with E-state index in [1.165, 1.54) is 0 Å². The number of rotatable bonds is 3. The average molecular weight is 248 g/mol. The van der Waals surface area contributed by atoms with Gasteiger partial charge in [-0.3, -0.25) is 4.79 Å². The molecule has 0 fully saturated rings. The molecule has 5 nitrogen and oxygen atoms in total. The first-order chi connectivity index (χ1) is 8.45. The molecule has 0 bridgehead atoms. The van der Waals surface area contributed by atoms with Gasteiger partial charge in [-0.25, -0.2) is 4.68 Å². The lowest BCUT2D eigenvalue weighted by Crippen LogP contribution is -2.21. The first-order valence-electron chi connectivity index (χ1n) is 6.19. The molecule has 0 radical (unpaired) electrons. The quantitative estimate of drug-likeness (QED) is 0.894. The third kappa shape index (κ3) is 1.95. The van der Waals surface area contributed by atoms with Gasteiger partial charge in [0, 0.05) is 24.3 Å². The predicted octanol–water partition coefficient (Wildman–Crippen LogP) is 1.42. The van der Waals surface area contributed by atoms with Gasteiger partial charge >= 0.3 is 0 Å².